The number of thiazole rings is 1. The van der Waals surface area contributed by atoms with Gasteiger partial charge in [-0.2, -0.15) is 0 Å². The maximum absolute atomic E-state index is 11.8. The summed E-state index contributed by atoms with van der Waals surface area (Å²) in [5.74, 6) is -0.0256. The minimum absolute atomic E-state index is 0.0256. The Kier molecular flexibility index (Phi) is 4.55. The van der Waals surface area contributed by atoms with E-state index in [9.17, 15) is 4.79 Å². The standard InChI is InChI=1S/C13H14BrN3OS/c1-8-2-3-9(6-11(8)14)16-12(18)5-4-10-7-19-13(15)17-10/h2-3,6-7H,4-5H2,1H3,(H2,15,17)(H,16,18). The van der Waals surface area contributed by atoms with E-state index < -0.39 is 0 Å². The summed E-state index contributed by atoms with van der Waals surface area (Å²) in [7, 11) is 0. The molecule has 0 fully saturated rings. The van der Waals surface area contributed by atoms with E-state index in [4.69, 9.17) is 5.73 Å². The van der Waals surface area contributed by atoms with Crippen LogP contribution in [0, 0.1) is 6.92 Å². The normalized spacial score (nSPS) is 10.4. The van der Waals surface area contributed by atoms with E-state index in [1.807, 2.05) is 30.5 Å². The van der Waals surface area contributed by atoms with E-state index in [2.05, 4.69) is 26.2 Å². The fourth-order valence-electron chi connectivity index (χ4n) is 1.57. The highest BCUT2D eigenvalue weighted by Gasteiger charge is 2.06. The number of halogens is 1. The molecule has 1 aromatic heterocycles. The number of nitrogens with two attached hydrogens (primary N) is 1. The number of benzene rings is 1. The van der Waals surface area contributed by atoms with Gasteiger partial charge in [0.05, 0.1) is 5.69 Å². The monoisotopic (exact) mass is 339 g/mol. The molecule has 3 N–H and O–H groups in total. The lowest BCUT2D eigenvalue weighted by Gasteiger charge is -2.06. The van der Waals surface area contributed by atoms with Crippen LogP contribution in [0.1, 0.15) is 17.7 Å². The zero-order chi connectivity index (χ0) is 13.8. The number of amides is 1. The molecule has 0 saturated carbocycles. The summed E-state index contributed by atoms with van der Waals surface area (Å²) in [6.45, 7) is 2.00. The molecule has 0 bridgehead atoms. The number of rotatable bonds is 4. The molecule has 0 aliphatic heterocycles. The predicted molar refractivity (Wildman–Crippen MR) is 82.4 cm³/mol. The third-order valence-electron chi connectivity index (χ3n) is 2.63. The van der Waals surface area contributed by atoms with Crippen LogP contribution in [-0.2, 0) is 11.2 Å². The molecule has 0 radical (unpaired) electrons. The lowest BCUT2D eigenvalue weighted by molar-refractivity contribution is -0.116. The van der Waals surface area contributed by atoms with Gasteiger partial charge in [0, 0.05) is 22.0 Å². The van der Waals surface area contributed by atoms with Gasteiger partial charge in [-0.25, -0.2) is 4.98 Å². The van der Waals surface area contributed by atoms with Gasteiger partial charge < -0.3 is 11.1 Å². The van der Waals surface area contributed by atoms with Crippen molar-refractivity contribution in [1.29, 1.82) is 0 Å². The summed E-state index contributed by atoms with van der Waals surface area (Å²) in [6.07, 6.45) is 1.00. The minimum atomic E-state index is -0.0256. The Morgan fingerprint density at radius 1 is 1.53 bits per heavy atom. The third-order valence-corrected chi connectivity index (χ3v) is 4.21. The second kappa shape index (κ2) is 6.16. The van der Waals surface area contributed by atoms with Crippen molar-refractivity contribution >= 4 is 44.0 Å². The van der Waals surface area contributed by atoms with Gasteiger partial charge >= 0.3 is 0 Å². The molecule has 19 heavy (non-hydrogen) atoms. The molecule has 0 aliphatic rings. The summed E-state index contributed by atoms with van der Waals surface area (Å²) >= 11 is 4.83. The van der Waals surface area contributed by atoms with Gasteiger partial charge in [0.1, 0.15) is 0 Å². The van der Waals surface area contributed by atoms with Gasteiger partial charge in [-0.15, -0.1) is 11.3 Å². The van der Waals surface area contributed by atoms with Gasteiger partial charge in [-0.05, 0) is 31.0 Å². The van der Waals surface area contributed by atoms with Gasteiger partial charge in [0.15, 0.2) is 5.13 Å². The molecule has 2 rings (SSSR count). The highest BCUT2D eigenvalue weighted by Crippen LogP contribution is 2.21. The molecule has 0 spiro atoms. The first-order valence-electron chi connectivity index (χ1n) is 5.80. The van der Waals surface area contributed by atoms with Gasteiger partial charge in [0.2, 0.25) is 5.91 Å². The van der Waals surface area contributed by atoms with Crippen LogP contribution in [0.3, 0.4) is 0 Å². The molecule has 100 valence electrons. The summed E-state index contributed by atoms with van der Waals surface area (Å²) in [5.41, 5.74) is 8.33. The number of nitrogens with zero attached hydrogens (tertiary/aromatic N) is 1. The minimum Gasteiger partial charge on any atom is -0.375 e. The predicted octanol–water partition coefficient (Wildman–Crippen LogP) is 3.37. The van der Waals surface area contributed by atoms with E-state index in [0.29, 0.717) is 18.0 Å². The molecule has 1 aromatic carbocycles. The van der Waals surface area contributed by atoms with Crippen molar-refractivity contribution in [2.24, 2.45) is 0 Å². The van der Waals surface area contributed by atoms with Crippen LogP contribution in [0.5, 0.6) is 0 Å². The molecule has 1 amide bonds. The first-order chi connectivity index (χ1) is 9.04. The summed E-state index contributed by atoms with van der Waals surface area (Å²) in [4.78, 5) is 15.9. The number of anilines is 2. The molecule has 2 aromatic rings. The summed E-state index contributed by atoms with van der Waals surface area (Å²) in [5, 5.41) is 5.28. The Hall–Kier alpha value is -1.40. The van der Waals surface area contributed by atoms with Crippen molar-refractivity contribution in [3.63, 3.8) is 0 Å². The van der Waals surface area contributed by atoms with Crippen LogP contribution in [-0.4, -0.2) is 10.9 Å². The van der Waals surface area contributed by atoms with E-state index in [1.54, 1.807) is 0 Å². The molecule has 6 heteroatoms. The average molecular weight is 340 g/mol. The highest BCUT2D eigenvalue weighted by molar-refractivity contribution is 9.10. The van der Waals surface area contributed by atoms with Crippen molar-refractivity contribution in [3.8, 4) is 0 Å². The van der Waals surface area contributed by atoms with Crippen molar-refractivity contribution in [3.05, 3.63) is 39.3 Å². The van der Waals surface area contributed by atoms with Gasteiger partial charge in [-0.1, -0.05) is 22.0 Å². The molecular formula is C13H14BrN3OS. The quantitative estimate of drug-likeness (QED) is 0.897. The van der Waals surface area contributed by atoms with Crippen LogP contribution in [0.4, 0.5) is 10.8 Å². The Morgan fingerprint density at radius 3 is 2.95 bits per heavy atom. The second-order valence-corrected chi connectivity index (χ2v) is 5.93. The van der Waals surface area contributed by atoms with E-state index in [-0.39, 0.29) is 5.91 Å². The van der Waals surface area contributed by atoms with E-state index in [1.165, 1.54) is 11.3 Å². The molecular weight excluding hydrogens is 326 g/mol. The number of carbonyl (C=O) groups is 1. The fraction of sp³-hybridized carbons (Fsp3) is 0.231. The fourth-order valence-corrected chi connectivity index (χ4v) is 2.55. The smallest absolute Gasteiger partial charge is 0.224 e. The Bertz CT molecular complexity index is 597. The van der Waals surface area contributed by atoms with Crippen molar-refractivity contribution in [2.45, 2.75) is 19.8 Å². The third kappa shape index (κ3) is 4.04. The second-order valence-electron chi connectivity index (χ2n) is 4.19. The first kappa shape index (κ1) is 14.0. The Labute approximate surface area is 124 Å². The average Bonchev–Trinajstić information content (AvgIpc) is 2.77. The molecule has 0 aliphatic carbocycles. The van der Waals surface area contributed by atoms with Crippen LogP contribution in [0.2, 0.25) is 0 Å². The Morgan fingerprint density at radius 2 is 2.32 bits per heavy atom. The largest absolute Gasteiger partial charge is 0.375 e. The highest BCUT2D eigenvalue weighted by atomic mass is 79.9. The van der Waals surface area contributed by atoms with Gasteiger partial charge in [-0.3, -0.25) is 4.79 Å². The number of aromatic nitrogens is 1. The van der Waals surface area contributed by atoms with Crippen LogP contribution in [0.25, 0.3) is 0 Å². The van der Waals surface area contributed by atoms with E-state index in [0.717, 1.165) is 21.4 Å². The SMILES string of the molecule is Cc1ccc(NC(=O)CCc2csc(N)n2)cc1Br. The maximum Gasteiger partial charge on any atom is 0.224 e. The molecule has 1 heterocycles. The first-order valence-corrected chi connectivity index (χ1v) is 7.48. The van der Waals surface area contributed by atoms with Crippen molar-refractivity contribution in [1.82, 2.24) is 4.98 Å². The topological polar surface area (TPSA) is 68.0 Å². The lowest BCUT2D eigenvalue weighted by Crippen LogP contribution is -2.12. The maximum atomic E-state index is 11.8. The number of nitrogen functional groups attached to an aromatic ring is 1. The molecule has 0 unspecified atom stereocenters. The summed E-state index contributed by atoms with van der Waals surface area (Å²) < 4.78 is 0.984. The zero-order valence-corrected chi connectivity index (χ0v) is 12.8. The number of aryl methyl sites for hydroxylation is 2. The van der Waals surface area contributed by atoms with Crippen LogP contribution in [0.15, 0.2) is 28.1 Å². The van der Waals surface area contributed by atoms with E-state index >= 15 is 0 Å². The number of nitrogens with one attached hydrogen (secondary N) is 1. The number of hydrogen-bond acceptors (Lipinski definition) is 4. The zero-order valence-electron chi connectivity index (χ0n) is 10.4. The van der Waals surface area contributed by atoms with Crippen molar-refractivity contribution < 1.29 is 4.79 Å². The Balaban J connectivity index is 1.88. The van der Waals surface area contributed by atoms with Crippen molar-refractivity contribution in [2.75, 3.05) is 11.1 Å². The van der Waals surface area contributed by atoms with Crippen LogP contribution < -0.4 is 11.1 Å². The van der Waals surface area contributed by atoms with Crippen LogP contribution >= 0.6 is 27.3 Å². The molecule has 0 atom stereocenters. The molecule has 0 saturated heterocycles. The summed E-state index contributed by atoms with van der Waals surface area (Å²) in [6, 6.07) is 5.74. The number of hydrogen-bond donors (Lipinski definition) is 2. The molecule has 4 nitrogen and oxygen atoms in total. The number of carbonyl (C=O) groups excluding carboxylic acids is 1. The lowest BCUT2D eigenvalue weighted by atomic mass is 10.2. The van der Waals surface area contributed by atoms with Gasteiger partial charge in [0.25, 0.3) is 0 Å².